The first-order valence-electron chi connectivity index (χ1n) is 15.4. The second kappa shape index (κ2) is 29.8. The molecule has 1 fully saturated rings. The van der Waals surface area contributed by atoms with Crippen molar-refractivity contribution >= 4 is 29.3 Å². The summed E-state index contributed by atoms with van der Waals surface area (Å²) in [7, 11) is -7.73. The fraction of sp³-hybridized carbons (Fsp3) is 0.531. The van der Waals surface area contributed by atoms with E-state index < -0.39 is 30.0 Å². The van der Waals surface area contributed by atoms with E-state index in [4.69, 9.17) is 30.1 Å². The van der Waals surface area contributed by atoms with Crippen LogP contribution in [0.25, 0.3) is 0 Å². The molecule has 48 heavy (non-hydrogen) atoms. The highest BCUT2D eigenvalue weighted by molar-refractivity contribution is 7.89. The van der Waals surface area contributed by atoms with Gasteiger partial charge in [-0.3, -0.25) is 4.57 Å². The van der Waals surface area contributed by atoms with Gasteiger partial charge in [-0.2, -0.15) is 4.31 Å². The number of nitrogens with one attached hydrogen (secondary N) is 1. The highest BCUT2D eigenvalue weighted by atomic mass is 32.2. The van der Waals surface area contributed by atoms with Crippen molar-refractivity contribution in [2.75, 3.05) is 51.5 Å². The number of benzene rings is 2. The van der Waals surface area contributed by atoms with Crippen LogP contribution in [0.1, 0.15) is 59.4 Å². The summed E-state index contributed by atoms with van der Waals surface area (Å²) in [5, 5.41) is 12.1. The van der Waals surface area contributed by atoms with Crippen molar-refractivity contribution in [2.24, 2.45) is 11.1 Å². The standard InChI is InChI=1S/C14H22N4O4S.C8H11O4P.C4H8O.C2H6O.C2H6.C2H2/c1-11(2)10-18(8-4-7-16-14(19)17-20)23(21,22)13-6-3-5-12(15)9-13;1-7-2-4-8(5-3-7)12-6-13(9,10)11;1-2-4-5-3-1;1-2-3;2*1-2/h3,5-6,9,11H,4,7-8,10,15H2,1-2H3,(H,16,19);2-5H,6H2,1H3,(H2,9,10,11);1-4H2;3H,2H2,1H3;1-2H3;1-2H. The monoisotopic (exact) mass is 718 g/mol. The molecule has 0 unspecified atom stereocenters. The largest absolute Gasteiger partial charge is 0.481 e. The number of ether oxygens (including phenoxy) is 2. The number of hydrogen-bond acceptors (Lipinski definition) is 9. The third kappa shape index (κ3) is 26.7. The molecule has 0 aromatic heterocycles. The Morgan fingerprint density at radius 1 is 1.12 bits per heavy atom. The maximum atomic E-state index is 12.7. The lowest BCUT2D eigenvalue weighted by Gasteiger charge is -2.24. The summed E-state index contributed by atoms with van der Waals surface area (Å²) in [4.78, 5) is 37.9. The summed E-state index contributed by atoms with van der Waals surface area (Å²) in [6, 6.07) is 12.1. The highest BCUT2D eigenvalue weighted by Gasteiger charge is 2.25. The number of nitroso groups, excluding NO2 is 1. The molecule has 0 spiro atoms. The number of nitrogens with two attached hydrogens (primary N) is 1. The van der Waals surface area contributed by atoms with Crippen LogP contribution in [-0.4, -0.2) is 79.5 Å². The molecule has 0 saturated carbocycles. The lowest BCUT2D eigenvalue weighted by Crippen LogP contribution is -2.36. The SMILES string of the molecule is C#C.C1CCOC1.CC.CC(C)CN(CCCNC(=O)N=O)S(=O)(=O)c1cccc(N)c1.CCO.Cc1ccc(OCP(=O)(O)O)cc1. The quantitative estimate of drug-likeness (QED) is 0.0655. The summed E-state index contributed by atoms with van der Waals surface area (Å²) < 4.78 is 47.0. The maximum absolute atomic E-state index is 12.7. The number of aryl methyl sites for hydroxylation is 1. The van der Waals surface area contributed by atoms with E-state index in [1.165, 1.54) is 29.3 Å². The fourth-order valence-corrected chi connectivity index (χ4v) is 5.34. The Bertz CT molecular complexity index is 1280. The lowest BCUT2D eigenvalue weighted by atomic mass is 10.2. The number of rotatable bonds is 11. The minimum atomic E-state index is -4.07. The Labute approximate surface area is 286 Å². The molecule has 2 aromatic rings. The van der Waals surface area contributed by atoms with Crippen molar-refractivity contribution in [1.29, 1.82) is 0 Å². The predicted molar refractivity (Wildman–Crippen MR) is 191 cm³/mol. The van der Waals surface area contributed by atoms with Crippen molar-refractivity contribution in [2.45, 2.75) is 65.7 Å². The molecule has 1 saturated heterocycles. The zero-order chi connectivity index (χ0) is 37.6. The molecule has 1 heterocycles. The molecule has 14 nitrogen and oxygen atoms in total. The lowest BCUT2D eigenvalue weighted by molar-refractivity contribution is 0.198. The zero-order valence-corrected chi connectivity index (χ0v) is 30.7. The summed E-state index contributed by atoms with van der Waals surface area (Å²) in [5.41, 5.74) is 7.10. The topological polar surface area (TPSA) is 218 Å². The van der Waals surface area contributed by atoms with Crippen molar-refractivity contribution in [3.8, 4) is 18.6 Å². The van der Waals surface area contributed by atoms with Crippen LogP contribution in [0.15, 0.2) is 58.6 Å². The van der Waals surface area contributed by atoms with Gasteiger partial charge in [-0.1, -0.05) is 51.5 Å². The molecule has 6 N–H and O–H groups in total. The number of nitrogen functional groups attached to an aromatic ring is 1. The molecule has 2 amide bonds. The zero-order valence-electron chi connectivity index (χ0n) is 28.9. The third-order valence-corrected chi connectivity index (χ3v) is 7.58. The Hall–Kier alpha value is -3.35. The van der Waals surface area contributed by atoms with E-state index >= 15 is 0 Å². The molecule has 0 atom stereocenters. The number of urea groups is 1. The number of aliphatic hydroxyl groups is 1. The van der Waals surface area contributed by atoms with Gasteiger partial charge in [-0.15, -0.1) is 17.8 Å². The van der Waals surface area contributed by atoms with Crippen LogP contribution in [0, 0.1) is 30.6 Å². The minimum absolute atomic E-state index is 0.136. The molecule has 0 bridgehead atoms. The first-order valence-corrected chi connectivity index (χ1v) is 18.6. The van der Waals surface area contributed by atoms with Gasteiger partial charge in [0.2, 0.25) is 10.0 Å². The van der Waals surface area contributed by atoms with E-state index in [0.29, 0.717) is 24.4 Å². The van der Waals surface area contributed by atoms with Crippen LogP contribution in [0.4, 0.5) is 10.5 Å². The summed E-state index contributed by atoms with van der Waals surface area (Å²) in [5.74, 6) is 0.603. The van der Waals surface area contributed by atoms with E-state index in [1.807, 2.05) is 46.8 Å². The Morgan fingerprint density at radius 3 is 2.08 bits per heavy atom. The van der Waals surface area contributed by atoms with Crippen molar-refractivity contribution < 1.29 is 42.1 Å². The van der Waals surface area contributed by atoms with Gasteiger partial charge >= 0.3 is 13.6 Å². The molecule has 2 aromatic carbocycles. The van der Waals surface area contributed by atoms with E-state index in [1.54, 1.807) is 31.2 Å². The average molecular weight is 719 g/mol. The summed E-state index contributed by atoms with van der Waals surface area (Å²) >= 11 is 0. The number of anilines is 1. The number of hydrogen-bond donors (Lipinski definition) is 5. The number of amides is 2. The maximum Gasteiger partial charge on any atom is 0.378 e. The van der Waals surface area contributed by atoms with E-state index in [9.17, 15) is 22.7 Å². The summed E-state index contributed by atoms with van der Waals surface area (Å²) in [6.45, 7) is 14.4. The van der Waals surface area contributed by atoms with Gasteiger partial charge < -0.3 is 35.4 Å². The highest BCUT2D eigenvalue weighted by Crippen LogP contribution is 2.34. The van der Waals surface area contributed by atoms with Crippen LogP contribution >= 0.6 is 7.60 Å². The van der Waals surface area contributed by atoms with Gasteiger partial charge in [0.25, 0.3) is 0 Å². The summed E-state index contributed by atoms with van der Waals surface area (Å²) in [6.07, 6.45) is 10.4. The van der Waals surface area contributed by atoms with Crippen molar-refractivity contribution in [3.05, 3.63) is 59.0 Å². The van der Waals surface area contributed by atoms with Gasteiger partial charge in [-0.05, 0) is 69.4 Å². The van der Waals surface area contributed by atoms with E-state index in [-0.39, 0.29) is 30.5 Å². The number of nitrogens with zero attached hydrogens (tertiary/aromatic N) is 2. The van der Waals surface area contributed by atoms with Crippen LogP contribution in [0.2, 0.25) is 0 Å². The average Bonchev–Trinajstić information content (AvgIpc) is 3.65. The Morgan fingerprint density at radius 2 is 1.67 bits per heavy atom. The van der Waals surface area contributed by atoms with Crippen LogP contribution in [0.3, 0.4) is 0 Å². The first kappa shape index (κ1) is 49.0. The molecule has 0 radical (unpaired) electrons. The second-order valence-corrected chi connectivity index (χ2v) is 13.4. The molecular weight excluding hydrogens is 663 g/mol. The van der Waals surface area contributed by atoms with Gasteiger partial charge in [0.1, 0.15) is 5.75 Å². The number of terminal acetylenes is 1. The number of carbonyl (C=O) groups excluding carboxylic acids is 1. The van der Waals surface area contributed by atoms with Crippen LogP contribution in [-0.2, 0) is 19.3 Å². The van der Waals surface area contributed by atoms with E-state index in [0.717, 1.165) is 18.8 Å². The van der Waals surface area contributed by atoms with Crippen molar-refractivity contribution in [3.63, 3.8) is 0 Å². The van der Waals surface area contributed by atoms with E-state index in [2.05, 4.69) is 23.3 Å². The molecule has 0 aliphatic carbocycles. The van der Waals surface area contributed by atoms with Gasteiger partial charge in [0.15, 0.2) is 6.35 Å². The third-order valence-electron chi connectivity index (χ3n) is 5.26. The second-order valence-electron chi connectivity index (χ2n) is 9.89. The van der Waals surface area contributed by atoms with Crippen LogP contribution in [0.5, 0.6) is 5.75 Å². The molecule has 274 valence electrons. The smallest absolute Gasteiger partial charge is 0.378 e. The van der Waals surface area contributed by atoms with Crippen LogP contribution < -0.4 is 15.8 Å². The first-order chi connectivity index (χ1) is 22.7. The minimum Gasteiger partial charge on any atom is -0.481 e. The fourth-order valence-electron chi connectivity index (χ4n) is 3.33. The van der Waals surface area contributed by atoms with Crippen molar-refractivity contribution in [1.82, 2.24) is 9.62 Å². The molecular formula is C32H55N4O10PS. The normalized spacial score (nSPS) is 11.7. The number of carbonyl (C=O) groups is 1. The Kier molecular flexibility index (Phi) is 30.4. The van der Waals surface area contributed by atoms with Gasteiger partial charge in [-0.25, -0.2) is 13.2 Å². The molecule has 16 heteroatoms. The Balaban J connectivity index is -0.000000673. The molecule has 3 rings (SSSR count). The number of sulfonamides is 1. The number of aliphatic hydroxyl groups excluding tert-OH is 1. The predicted octanol–water partition coefficient (Wildman–Crippen LogP) is 5.36. The van der Waals surface area contributed by atoms with Gasteiger partial charge in [0.05, 0.1) is 4.90 Å². The molecule has 1 aliphatic heterocycles. The van der Waals surface area contributed by atoms with Gasteiger partial charge in [0, 0.05) is 50.3 Å². The molecule has 1 aliphatic rings.